The van der Waals surface area contributed by atoms with Gasteiger partial charge in [-0.1, -0.05) is 335 Å². The molecule has 0 bridgehead atoms. The highest BCUT2D eigenvalue weighted by atomic mass is 32.1. The quantitative estimate of drug-likeness (QED) is 0.138. The Hall–Kier alpha value is -18.7. The van der Waals surface area contributed by atoms with Crippen molar-refractivity contribution in [2.45, 2.75) is 19.3 Å². The Morgan fingerprint density at radius 2 is 0.523 bits per heavy atom. The summed E-state index contributed by atoms with van der Waals surface area (Å²) in [6.45, 7) is 4.74. The van der Waals surface area contributed by atoms with E-state index in [0.29, 0.717) is 0 Å². The van der Waals surface area contributed by atoms with Crippen molar-refractivity contribution in [3.63, 3.8) is 0 Å². The number of thiophene rings is 2. The molecule has 0 saturated carbocycles. The first-order chi connectivity index (χ1) is 73.7. The van der Waals surface area contributed by atoms with Gasteiger partial charge in [0.15, 0.2) is 0 Å². The number of hydrogen-bond acceptors (Lipinski definition) is 2. The van der Waals surface area contributed by atoms with Crippen molar-refractivity contribution < 1.29 is 0 Å². The van der Waals surface area contributed by atoms with Gasteiger partial charge in [-0.05, 0) is 271 Å². The highest BCUT2D eigenvalue weighted by molar-refractivity contribution is 7.27. The predicted molar refractivity (Wildman–Crippen MR) is 638 cm³/mol. The number of rotatable bonds is 9. The first-order valence-corrected chi connectivity index (χ1v) is 53.0. The van der Waals surface area contributed by atoms with Gasteiger partial charge < -0.3 is 27.4 Å². The zero-order valence-electron chi connectivity index (χ0n) is 81.5. The molecule has 0 aliphatic heterocycles. The van der Waals surface area contributed by atoms with Crippen molar-refractivity contribution in [3.8, 4) is 78.6 Å². The normalized spacial score (nSPS) is 12.6. The molecule has 8 aromatic heterocycles. The van der Waals surface area contributed by atoms with Gasteiger partial charge in [0, 0.05) is 140 Å². The van der Waals surface area contributed by atoms with Crippen LogP contribution in [-0.4, -0.2) is 27.4 Å². The molecule has 0 saturated heterocycles. The lowest BCUT2D eigenvalue weighted by Crippen LogP contribution is -2.14. The Kier molecular flexibility index (Phi) is 18.9. The van der Waals surface area contributed by atoms with Crippen LogP contribution in [0.25, 0.3) is 282 Å². The third-order valence-electron chi connectivity index (χ3n) is 32.1. The average molecular weight is 1930 g/mol. The van der Waals surface area contributed by atoms with Crippen molar-refractivity contribution in [1.29, 1.82) is 0 Å². The summed E-state index contributed by atoms with van der Waals surface area (Å²) in [7, 11) is 0. The van der Waals surface area contributed by atoms with Crippen molar-refractivity contribution in [2.24, 2.45) is 0 Å². The van der Waals surface area contributed by atoms with Gasteiger partial charge in [-0.3, -0.25) is 0 Å². The summed E-state index contributed by atoms with van der Waals surface area (Å²) in [5.74, 6) is 0. The van der Waals surface area contributed by atoms with Crippen molar-refractivity contribution in [2.75, 3.05) is 0 Å². The lowest BCUT2D eigenvalue weighted by Gasteiger charge is -2.21. The van der Waals surface area contributed by atoms with Crippen LogP contribution in [0.2, 0.25) is 0 Å². The molecule has 0 fully saturated rings. The molecule has 0 atom stereocenters. The molecular formula is C141H90N6S2. The maximum absolute atomic E-state index is 2.51. The lowest BCUT2D eigenvalue weighted by atomic mass is 9.82. The van der Waals surface area contributed by atoms with Crippen LogP contribution in [0.1, 0.15) is 25.0 Å². The van der Waals surface area contributed by atoms with Crippen LogP contribution in [0, 0.1) is 0 Å². The molecule has 1 aliphatic carbocycles. The maximum Gasteiger partial charge on any atom is 0.0719 e. The molecule has 24 aromatic carbocycles. The lowest BCUT2D eigenvalue weighted by molar-refractivity contribution is 0.661. The van der Waals surface area contributed by atoms with Crippen LogP contribution in [0.5, 0.6) is 0 Å². The van der Waals surface area contributed by atoms with Crippen molar-refractivity contribution in [3.05, 3.63) is 521 Å². The largest absolute Gasteiger partial charge is 0.309 e. The zero-order chi connectivity index (χ0) is 98.0. The molecule has 0 amide bonds. The van der Waals surface area contributed by atoms with Gasteiger partial charge in [0.1, 0.15) is 0 Å². The maximum atomic E-state index is 2.51. The standard InChI is InChI=1S/C49H34N2.2C46H28N2S/c1-49(2)42-20-10-8-18-36(42)38-29-41-40-28-33(24-26-47(40)51(48(41)30-43(38)49)44-22-12-14-31-13-6-7-17-35(31)44)32-23-25-46-39(27-32)37-19-9-11-21-45(37)50(46)34-15-4-3-5-16-34;1-2-12-33(13-3-1)47-41-16-8-6-14-35(41)39-27-31(19-24-42(39)47)32-20-25-43-40(28-32)37-22-23-38-36-15-7-9-17-44(36)49-46(38)45(37)48(43)34-21-18-29-10-4-5-11-30(29)26-34;1-2-12-33(13-3-1)47-40-16-8-6-14-35(40)38-27-31(19-23-41(38)47)32-20-24-42-39(28-32)36-22-25-44-45(37-15-7-9-17-43(37)49-44)46(36)48(42)34-21-18-29-10-4-5-11-30(29)26-34/h3-30H,1-2H3;2*1-28H. The number of aromatic nitrogens is 6. The number of para-hydroxylation sites is 6. The Balaban J connectivity index is 0.000000101. The van der Waals surface area contributed by atoms with E-state index < -0.39 is 0 Å². The van der Waals surface area contributed by atoms with Gasteiger partial charge >= 0.3 is 0 Å². The van der Waals surface area contributed by atoms with Crippen molar-refractivity contribution >= 4 is 226 Å². The highest BCUT2D eigenvalue weighted by Gasteiger charge is 2.37. The summed E-state index contributed by atoms with van der Waals surface area (Å²) >= 11 is 3.78. The smallest absolute Gasteiger partial charge is 0.0719 e. The van der Waals surface area contributed by atoms with E-state index in [4.69, 9.17) is 0 Å². The van der Waals surface area contributed by atoms with Gasteiger partial charge in [-0.2, -0.15) is 0 Å². The van der Waals surface area contributed by atoms with E-state index in [1.807, 2.05) is 22.7 Å². The first-order valence-electron chi connectivity index (χ1n) is 51.4. The molecule has 33 rings (SSSR count). The molecular weight excluding hydrogens is 1840 g/mol. The van der Waals surface area contributed by atoms with E-state index in [-0.39, 0.29) is 5.41 Å². The number of nitrogens with zero attached hydrogens (tertiary/aromatic N) is 6. The zero-order valence-corrected chi connectivity index (χ0v) is 83.1. The molecule has 6 nitrogen and oxygen atoms in total. The first kappa shape index (κ1) is 84.8. The molecule has 0 unspecified atom stereocenters. The fraction of sp³-hybridized carbons (Fsp3) is 0.0213. The summed E-state index contributed by atoms with van der Waals surface area (Å²) in [5, 5.41) is 28.1. The number of benzene rings is 24. The second kappa shape index (κ2) is 33.2. The van der Waals surface area contributed by atoms with E-state index in [9.17, 15) is 0 Å². The van der Waals surface area contributed by atoms with Gasteiger partial charge in [0.05, 0.1) is 76.6 Å². The molecule has 8 heterocycles. The van der Waals surface area contributed by atoms with Crippen molar-refractivity contribution in [1.82, 2.24) is 27.4 Å². The number of fused-ring (bicyclic) bond motifs is 32. The SMILES string of the molecule is CC1(C)c2ccccc2-c2cc3c4cc(-c5ccc6c(c5)c5ccccc5n6-c5ccccc5)ccc4n(-c4cccc5ccccc45)c3cc21.c1ccc(-n2c3ccccc3c3cc(-c4ccc5c(c4)c4ccc6c7ccccc7sc6c4n5-c4ccc5ccccc5c4)ccc32)cc1.c1ccc(-n2c3ccccc3c3cc(-c4ccc5c(c4)c4ccc6sc7ccccc7c6c4n5-c4ccc5ccccc5c4)ccc32)cc1. The van der Waals surface area contributed by atoms with Gasteiger partial charge in [0.25, 0.3) is 0 Å². The molecule has 0 N–H and O–H groups in total. The molecule has 0 spiro atoms. The molecule has 696 valence electrons. The average Bonchev–Trinajstić information content (AvgIpc) is 1.54. The Bertz CT molecular complexity index is 11200. The van der Waals surface area contributed by atoms with Gasteiger partial charge in [-0.25, -0.2) is 0 Å². The van der Waals surface area contributed by atoms with E-state index in [2.05, 4.69) is 551 Å². The van der Waals surface area contributed by atoms with Crippen LogP contribution in [-0.2, 0) is 5.41 Å². The van der Waals surface area contributed by atoms with E-state index in [1.165, 1.54) is 293 Å². The second-order valence-electron chi connectivity index (χ2n) is 40.5. The fourth-order valence-electron chi connectivity index (χ4n) is 25.2. The highest BCUT2D eigenvalue weighted by Crippen LogP contribution is 2.54. The Labute approximate surface area is 865 Å². The summed E-state index contributed by atoms with van der Waals surface area (Å²) in [4.78, 5) is 0. The minimum atomic E-state index is -0.0837. The van der Waals surface area contributed by atoms with Gasteiger partial charge in [-0.15, -0.1) is 22.7 Å². The van der Waals surface area contributed by atoms with E-state index >= 15 is 0 Å². The molecule has 8 heteroatoms. The molecule has 1 aliphatic rings. The molecule has 0 radical (unpaired) electrons. The Morgan fingerprint density at radius 3 is 1.03 bits per heavy atom. The van der Waals surface area contributed by atoms with Gasteiger partial charge in [0.2, 0.25) is 0 Å². The third kappa shape index (κ3) is 13.1. The van der Waals surface area contributed by atoms with Crippen LogP contribution < -0.4 is 0 Å². The second-order valence-corrected chi connectivity index (χ2v) is 42.6. The topological polar surface area (TPSA) is 29.6 Å². The summed E-state index contributed by atoms with van der Waals surface area (Å²) in [6, 6.07) is 188. The Morgan fingerprint density at radius 1 is 0.168 bits per heavy atom. The monoisotopic (exact) mass is 1930 g/mol. The van der Waals surface area contributed by atoms with E-state index in [1.54, 1.807) is 0 Å². The summed E-state index contributed by atoms with van der Waals surface area (Å²) in [6.07, 6.45) is 0. The minimum Gasteiger partial charge on any atom is -0.309 e. The van der Waals surface area contributed by atoms with Crippen LogP contribution in [0.4, 0.5) is 0 Å². The van der Waals surface area contributed by atoms with Crippen LogP contribution in [0.15, 0.2) is 510 Å². The minimum absolute atomic E-state index is 0.0837. The predicted octanol–water partition coefficient (Wildman–Crippen LogP) is 39.1. The van der Waals surface area contributed by atoms with Crippen LogP contribution in [0.3, 0.4) is 0 Å². The fourth-order valence-corrected chi connectivity index (χ4v) is 27.6. The summed E-state index contributed by atoms with van der Waals surface area (Å²) in [5.41, 5.74) is 34.7. The molecule has 32 aromatic rings. The third-order valence-corrected chi connectivity index (χ3v) is 34.4. The van der Waals surface area contributed by atoms with E-state index in [0.717, 1.165) is 0 Å². The molecule has 149 heavy (non-hydrogen) atoms. The number of hydrogen-bond donors (Lipinski definition) is 0. The summed E-state index contributed by atoms with van der Waals surface area (Å²) < 4.78 is 19.9. The van der Waals surface area contributed by atoms with Crippen LogP contribution >= 0.6 is 22.7 Å².